The Bertz CT molecular complexity index is 549. The molecule has 1 amide bonds. The molecular weight excluding hydrogens is 296 g/mol. The molecule has 1 aromatic heterocycles. The largest absolute Gasteiger partial charge is 0.444 e. The molecule has 0 unspecified atom stereocenters. The van der Waals surface area contributed by atoms with Gasteiger partial charge in [-0.2, -0.15) is 0 Å². The van der Waals surface area contributed by atoms with Crippen molar-refractivity contribution < 1.29 is 14.3 Å². The maximum atomic E-state index is 11.7. The zero-order valence-electron chi connectivity index (χ0n) is 13.9. The average Bonchev–Trinajstić information content (AvgIpc) is 2.52. The fourth-order valence-electron chi connectivity index (χ4n) is 2.51. The van der Waals surface area contributed by atoms with Gasteiger partial charge in [0, 0.05) is 25.7 Å². The number of aromatic nitrogens is 2. The minimum Gasteiger partial charge on any atom is -0.444 e. The SMILES string of the molecule is CC(C)(C)OC(=O)NCC1CCN(c2cc(C=O)ncn2)CC1. The van der Waals surface area contributed by atoms with Crippen LogP contribution >= 0.6 is 0 Å². The van der Waals surface area contributed by atoms with Crippen LogP contribution in [0, 0.1) is 5.92 Å². The van der Waals surface area contributed by atoms with Gasteiger partial charge in [0.25, 0.3) is 0 Å². The van der Waals surface area contributed by atoms with Crippen LogP contribution in [-0.2, 0) is 4.74 Å². The number of ether oxygens (including phenoxy) is 1. The van der Waals surface area contributed by atoms with E-state index >= 15 is 0 Å². The average molecular weight is 320 g/mol. The summed E-state index contributed by atoms with van der Waals surface area (Å²) < 4.78 is 5.23. The van der Waals surface area contributed by atoms with E-state index in [0.29, 0.717) is 18.2 Å². The van der Waals surface area contributed by atoms with Crippen LogP contribution < -0.4 is 10.2 Å². The van der Waals surface area contributed by atoms with E-state index in [2.05, 4.69) is 20.2 Å². The predicted octanol–water partition coefficient (Wildman–Crippen LogP) is 2.03. The number of aldehydes is 1. The molecule has 1 aliphatic heterocycles. The van der Waals surface area contributed by atoms with Crippen LogP contribution in [0.4, 0.5) is 10.6 Å². The summed E-state index contributed by atoms with van der Waals surface area (Å²) >= 11 is 0. The Morgan fingerprint density at radius 3 is 2.70 bits per heavy atom. The number of hydrogen-bond acceptors (Lipinski definition) is 6. The third kappa shape index (κ3) is 5.50. The van der Waals surface area contributed by atoms with Crippen LogP contribution in [0.3, 0.4) is 0 Å². The van der Waals surface area contributed by atoms with Crippen LogP contribution in [0.5, 0.6) is 0 Å². The molecular formula is C16H24N4O3. The molecule has 0 radical (unpaired) electrons. The number of carbonyl (C=O) groups excluding carboxylic acids is 2. The Morgan fingerprint density at radius 2 is 2.09 bits per heavy atom. The molecule has 0 aromatic carbocycles. The number of nitrogens with zero attached hydrogens (tertiary/aromatic N) is 3. The van der Waals surface area contributed by atoms with Crippen molar-refractivity contribution in [1.82, 2.24) is 15.3 Å². The molecule has 2 heterocycles. The van der Waals surface area contributed by atoms with Gasteiger partial charge in [-0.3, -0.25) is 4.79 Å². The van der Waals surface area contributed by atoms with Crippen molar-refractivity contribution >= 4 is 18.2 Å². The van der Waals surface area contributed by atoms with Gasteiger partial charge in [0.1, 0.15) is 23.4 Å². The summed E-state index contributed by atoms with van der Waals surface area (Å²) in [4.78, 5) is 32.7. The molecule has 0 aliphatic carbocycles. The fourth-order valence-corrected chi connectivity index (χ4v) is 2.51. The highest BCUT2D eigenvalue weighted by molar-refractivity contribution is 5.73. The molecule has 0 spiro atoms. The minimum absolute atomic E-state index is 0.369. The summed E-state index contributed by atoms with van der Waals surface area (Å²) in [5.74, 6) is 1.20. The first kappa shape index (κ1) is 17.2. The molecule has 1 aliphatic rings. The van der Waals surface area contributed by atoms with Crippen LogP contribution in [0.25, 0.3) is 0 Å². The second kappa shape index (κ2) is 7.39. The molecule has 23 heavy (non-hydrogen) atoms. The number of rotatable bonds is 4. The predicted molar refractivity (Wildman–Crippen MR) is 86.6 cm³/mol. The standard InChI is InChI=1S/C16H24N4O3/c1-16(2,3)23-15(22)17-9-12-4-6-20(7-5-12)14-8-13(10-21)18-11-19-14/h8,10-12H,4-7,9H2,1-3H3,(H,17,22). The monoisotopic (exact) mass is 320 g/mol. The van der Waals surface area contributed by atoms with Gasteiger partial charge in [-0.05, 0) is 39.5 Å². The first-order valence-electron chi connectivity index (χ1n) is 7.86. The highest BCUT2D eigenvalue weighted by Gasteiger charge is 2.22. The second-order valence-corrected chi connectivity index (χ2v) is 6.73. The second-order valence-electron chi connectivity index (χ2n) is 6.73. The molecule has 1 N–H and O–H groups in total. The van der Waals surface area contributed by atoms with Crippen molar-refractivity contribution in [3.05, 3.63) is 18.1 Å². The lowest BCUT2D eigenvalue weighted by molar-refractivity contribution is 0.0516. The number of amides is 1. The molecule has 7 nitrogen and oxygen atoms in total. The number of carbonyl (C=O) groups is 2. The first-order chi connectivity index (χ1) is 10.9. The molecule has 126 valence electrons. The molecule has 0 saturated carbocycles. The van der Waals surface area contributed by atoms with E-state index in [1.165, 1.54) is 6.33 Å². The van der Waals surface area contributed by atoms with E-state index < -0.39 is 5.60 Å². The van der Waals surface area contributed by atoms with E-state index in [0.717, 1.165) is 38.0 Å². The van der Waals surface area contributed by atoms with Crippen molar-refractivity contribution in [2.24, 2.45) is 5.92 Å². The molecule has 1 aromatic rings. The Balaban J connectivity index is 1.77. The Morgan fingerprint density at radius 1 is 1.39 bits per heavy atom. The molecule has 1 saturated heterocycles. The number of anilines is 1. The summed E-state index contributed by atoms with van der Waals surface area (Å²) in [7, 11) is 0. The minimum atomic E-state index is -0.475. The number of piperidine rings is 1. The Hall–Kier alpha value is -2.18. The zero-order chi connectivity index (χ0) is 16.9. The third-order valence-corrected chi connectivity index (χ3v) is 3.67. The fraction of sp³-hybridized carbons (Fsp3) is 0.625. The van der Waals surface area contributed by atoms with Gasteiger partial charge in [0.05, 0.1) is 0 Å². The smallest absolute Gasteiger partial charge is 0.407 e. The van der Waals surface area contributed by atoms with Crippen molar-refractivity contribution in [3.63, 3.8) is 0 Å². The van der Waals surface area contributed by atoms with Gasteiger partial charge >= 0.3 is 6.09 Å². The number of nitrogens with one attached hydrogen (secondary N) is 1. The van der Waals surface area contributed by atoms with E-state index in [9.17, 15) is 9.59 Å². The highest BCUT2D eigenvalue weighted by Crippen LogP contribution is 2.21. The van der Waals surface area contributed by atoms with Crippen LogP contribution in [-0.4, -0.2) is 47.6 Å². The summed E-state index contributed by atoms with van der Waals surface area (Å²) in [6, 6.07) is 1.70. The third-order valence-electron chi connectivity index (χ3n) is 3.67. The summed E-state index contributed by atoms with van der Waals surface area (Å²) in [6.07, 6.45) is 3.68. The highest BCUT2D eigenvalue weighted by atomic mass is 16.6. The van der Waals surface area contributed by atoms with E-state index in [4.69, 9.17) is 4.74 Å². The molecule has 0 atom stereocenters. The van der Waals surface area contributed by atoms with E-state index in [1.807, 2.05) is 20.8 Å². The Labute approximate surface area is 136 Å². The van der Waals surface area contributed by atoms with Gasteiger partial charge in [0.2, 0.25) is 0 Å². The quantitative estimate of drug-likeness (QED) is 0.855. The maximum Gasteiger partial charge on any atom is 0.407 e. The van der Waals surface area contributed by atoms with E-state index in [-0.39, 0.29) is 6.09 Å². The van der Waals surface area contributed by atoms with Crippen molar-refractivity contribution in [1.29, 1.82) is 0 Å². The van der Waals surface area contributed by atoms with E-state index in [1.54, 1.807) is 6.07 Å². The number of alkyl carbamates (subject to hydrolysis) is 1. The summed E-state index contributed by atoms with van der Waals surface area (Å²) in [6.45, 7) is 7.85. The normalized spacial score (nSPS) is 16.0. The van der Waals surface area contributed by atoms with Crippen LogP contribution in [0.1, 0.15) is 44.1 Å². The lowest BCUT2D eigenvalue weighted by atomic mass is 9.97. The molecule has 0 bridgehead atoms. The lowest BCUT2D eigenvalue weighted by Crippen LogP contribution is -2.40. The zero-order valence-corrected chi connectivity index (χ0v) is 13.9. The van der Waals surface area contributed by atoms with Gasteiger partial charge in [-0.1, -0.05) is 0 Å². The van der Waals surface area contributed by atoms with Crippen molar-refractivity contribution in [2.45, 2.75) is 39.2 Å². The summed E-state index contributed by atoms with van der Waals surface area (Å²) in [5, 5.41) is 2.83. The van der Waals surface area contributed by atoms with Crippen molar-refractivity contribution in [2.75, 3.05) is 24.5 Å². The van der Waals surface area contributed by atoms with Gasteiger partial charge in [0.15, 0.2) is 6.29 Å². The van der Waals surface area contributed by atoms with Crippen LogP contribution in [0.2, 0.25) is 0 Å². The molecule has 1 fully saturated rings. The maximum absolute atomic E-state index is 11.7. The van der Waals surface area contributed by atoms with Gasteiger partial charge < -0.3 is 15.0 Å². The number of hydrogen-bond donors (Lipinski definition) is 1. The van der Waals surface area contributed by atoms with Crippen molar-refractivity contribution in [3.8, 4) is 0 Å². The van der Waals surface area contributed by atoms with Gasteiger partial charge in [-0.15, -0.1) is 0 Å². The summed E-state index contributed by atoms with van der Waals surface area (Å²) in [5.41, 5.74) is -0.0831. The first-order valence-corrected chi connectivity index (χ1v) is 7.86. The Kier molecular flexibility index (Phi) is 5.52. The van der Waals surface area contributed by atoms with Gasteiger partial charge in [-0.25, -0.2) is 14.8 Å². The molecule has 7 heteroatoms. The van der Waals surface area contributed by atoms with Crippen LogP contribution in [0.15, 0.2) is 12.4 Å². The molecule has 2 rings (SSSR count). The topological polar surface area (TPSA) is 84.4 Å². The lowest BCUT2D eigenvalue weighted by Gasteiger charge is -2.33.